The fourth-order valence-electron chi connectivity index (χ4n) is 1.85. The lowest BCUT2D eigenvalue weighted by Gasteiger charge is -2.11. The van der Waals surface area contributed by atoms with Gasteiger partial charge in [-0.1, -0.05) is 11.6 Å². The van der Waals surface area contributed by atoms with Crippen LogP contribution in [0.1, 0.15) is 11.4 Å². The fourth-order valence-corrected chi connectivity index (χ4v) is 2.03. The number of rotatable bonds is 5. The largest absolute Gasteiger partial charge is 0.508 e. The van der Waals surface area contributed by atoms with Crippen molar-refractivity contribution in [2.75, 3.05) is 0 Å². The Hall–Kier alpha value is -1.73. The van der Waals surface area contributed by atoms with Gasteiger partial charge in [-0.3, -0.25) is 0 Å². The summed E-state index contributed by atoms with van der Waals surface area (Å²) in [6, 6.07) is 4.51. The van der Waals surface area contributed by atoms with Crippen LogP contribution >= 0.6 is 11.6 Å². The topological polar surface area (TPSA) is 50.1 Å². The molecule has 1 heterocycles. The molecule has 0 fully saturated rings. The van der Waals surface area contributed by atoms with E-state index >= 15 is 0 Å². The summed E-state index contributed by atoms with van der Waals surface area (Å²) in [4.78, 5) is 3.89. The second-order valence-electron chi connectivity index (χ2n) is 4.47. The maximum atomic E-state index is 12.4. The van der Waals surface area contributed by atoms with Crippen LogP contribution in [0.3, 0.4) is 0 Å². The Morgan fingerprint density at radius 2 is 2.05 bits per heavy atom. The maximum absolute atomic E-state index is 12.4. The number of hydrogen-bond acceptors (Lipinski definition) is 3. The van der Waals surface area contributed by atoms with Crippen molar-refractivity contribution in [2.45, 2.75) is 25.8 Å². The van der Waals surface area contributed by atoms with Gasteiger partial charge >= 0.3 is 6.18 Å². The van der Waals surface area contributed by atoms with Gasteiger partial charge in [0.15, 0.2) is 0 Å². The Kier molecular flexibility index (Phi) is 4.74. The third kappa shape index (κ3) is 4.64. The van der Waals surface area contributed by atoms with Crippen LogP contribution in [0, 0.1) is 0 Å². The molecule has 1 aromatic carbocycles. The van der Waals surface area contributed by atoms with Gasteiger partial charge in [-0.05, 0) is 23.8 Å². The normalized spacial score (nSPS) is 11.8. The van der Waals surface area contributed by atoms with E-state index in [1.807, 2.05) is 0 Å². The van der Waals surface area contributed by atoms with Gasteiger partial charge in [0.2, 0.25) is 0 Å². The molecule has 21 heavy (non-hydrogen) atoms. The van der Waals surface area contributed by atoms with Crippen molar-refractivity contribution in [1.29, 1.82) is 0 Å². The van der Waals surface area contributed by atoms with E-state index in [0.717, 1.165) is 4.57 Å². The minimum absolute atomic E-state index is 0.0785. The standard InChI is InChI=1S/C13H13ClF3N3O/c14-11-2-1-10(21)5-9(11)6-18-7-12-19-3-4-20(12)8-13(15,16)17/h1-5,18,21H,6-8H2. The maximum Gasteiger partial charge on any atom is 0.406 e. The average molecular weight is 320 g/mol. The van der Waals surface area contributed by atoms with E-state index in [1.54, 1.807) is 6.07 Å². The van der Waals surface area contributed by atoms with E-state index in [4.69, 9.17) is 11.6 Å². The molecule has 0 saturated carbocycles. The van der Waals surface area contributed by atoms with Gasteiger partial charge in [-0.15, -0.1) is 0 Å². The Labute approximate surface area is 124 Å². The quantitative estimate of drug-likeness (QED) is 0.890. The van der Waals surface area contributed by atoms with Gasteiger partial charge in [0.05, 0.1) is 6.54 Å². The van der Waals surface area contributed by atoms with E-state index in [2.05, 4.69) is 10.3 Å². The first-order chi connectivity index (χ1) is 9.85. The van der Waals surface area contributed by atoms with Crippen molar-refractivity contribution in [3.05, 3.63) is 47.0 Å². The number of imidazole rings is 1. The predicted octanol–water partition coefficient (Wildman–Crippen LogP) is 3.09. The highest BCUT2D eigenvalue weighted by Gasteiger charge is 2.28. The molecule has 0 aliphatic carbocycles. The molecule has 0 amide bonds. The summed E-state index contributed by atoms with van der Waals surface area (Å²) in [6.45, 7) is -0.599. The van der Waals surface area contributed by atoms with Crippen LogP contribution in [0.4, 0.5) is 13.2 Å². The lowest BCUT2D eigenvalue weighted by Crippen LogP contribution is -2.22. The first kappa shape index (κ1) is 15.7. The molecule has 0 spiro atoms. The summed E-state index contributed by atoms with van der Waals surface area (Å²) in [5.41, 5.74) is 0.658. The number of alkyl halides is 3. The van der Waals surface area contributed by atoms with Gasteiger partial charge in [0.25, 0.3) is 0 Å². The highest BCUT2D eigenvalue weighted by atomic mass is 35.5. The van der Waals surface area contributed by atoms with E-state index in [0.29, 0.717) is 17.1 Å². The second-order valence-corrected chi connectivity index (χ2v) is 4.87. The van der Waals surface area contributed by atoms with Crippen LogP contribution < -0.4 is 5.32 Å². The van der Waals surface area contributed by atoms with E-state index < -0.39 is 12.7 Å². The highest BCUT2D eigenvalue weighted by Crippen LogP contribution is 2.21. The number of aromatic nitrogens is 2. The van der Waals surface area contributed by atoms with Crippen LogP contribution in [0.25, 0.3) is 0 Å². The summed E-state index contributed by atoms with van der Waals surface area (Å²) >= 11 is 5.95. The molecule has 0 saturated heterocycles. The van der Waals surface area contributed by atoms with Crippen molar-refractivity contribution in [2.24, 2.45) is 0 Å². The smallest absolute Gasteiger partial charge is 0.406 e. The molecule has 0 aliphatic rings. The number of aromatic hydroxyl groups is 1. The van der Waals surface area contributed by atoms with Gasteiger partial charge < -0.3 is 15.0 Å². The van der Waals surface area contributed by atoms with Gasteiger partial charge in [-0.25, -0.2) is 4.98 Å². The molecule has 0 bridgehead atoms. The summed E-state index contributed by atoms with van der Waals surface area (Å²) in [5.74, 6) is 0.360. The van der Waals surface area contributed by atoms with Gasteiger partial charge in [-0.2, -0.15) is 13.2 Å². The Bertz CT molecular complexity index is 613. The summed E-state index contributed by atoms with van der Waals surface area (Å²) < 4.78 is 38.1. The lowest BCUT2D eigenvalue weighted by molar-refractivity contribution is -0.141. The summed E-state index contributed by atoms with van der Waals surface area (Å²) in [7, 11) is 0. The Morgan fingerprint density at radius 1 is 1.29 bits per heavy atom. The number of phenols is 1. The van der Waals surface area contributed by atoms with Crippen molar-refractivity contribution in [3.8, 4) is 5.75 Å². The van der Waals surface area contributed by atoms with Crippen molar-refractivity contribution in [1.82, 2.24) is 14.9 Å². The van der Waals surface area contributed by atoms with E-state index in [-0.39, 0.29) is 18.1 Å². The molecule has 0 unspecified atom stereocenters. The molecule has 1 aromatic heterocycles. The fraction of sp³-hybridized carbons (Fsp3) is 0.308. The number of halogens is 4. The summed E-state index contributed by atoms with van der Waals surface area (Å²) in [5, 5.41) is 12.8. The third-order valence-corrected chi connectivity index (χ3v) is 3.15. The van der Waals surface area contributed by atoms with Crippen molar-refractivity contribution >= 4 is 11.6 Å². The number of phenolic OH excluding ortho intramolecular Hbond substituents is 1. The predicted molar refractivity (Wildman–Crippen MR) is 71.9 cm³/mol. The molecule has 2 N–H and O–H groups in total. The molecule has 0 aliphatic heterocycles. The Balaban J connectivity index is 1.95. The number of benzene rings is 1. The van der Waals surface area contributed by atoms with Crippen LogP contribution in [-0.2, 0) is 19.6 Å². The van der Waals surface area contributed by atoms with E-state index in [9.17, 15) is 18.3 Å². The van der Waals surface area contributed by atoms with Crippen molar-refractivity contribution in [3.63, 3.8) is 0 Å². The zero-order chi connectivity index (χ0) is 15.5. The molecule has 8 heteroatoms. The zero-order valence-corrected chi connectivity index (χ0v) is 11.6. The van der Waals surface area contributed by atoms with Crippen LogP contribution in [0.2, 0.25) is 5.02 Å². The van der Waals surface area contributed by atoms with Crippen molar-refractivity contribution < 1.29 is 18.3 Å². The van der Waals surface area contributed by atoms with Gasteiger partial charge in [0, 0.05) is 24.0 Å². The SMILES string of the molecule is Oc1ccc(Cl)c(CNCc2nccn2CC(F)(F)F)c1. The molecular weight excluding hydrogens is 307 g/mol. The molecule has 0 atom stereocenters. The van der Waals surface area contributed by atoms with Gasteiger partial charge in [0.1, 0.15) is 18.1 Å². The average Bonchev–Trinajstić information content (AvgIpc) is 2.79. The second kappa shape index (κ2) is 6.36. The minimum Gasteiger partial charge on any atom is -0.508 e. The monoisotopic (exact) mass is 319 g/mol. The number of nitrogens with zero attached hydrogens (tertiary/aromatic N) is 2. The molecule has 2 aromatic rings. The van der Waals surface area contributed by atoms with Crippen LogP contribution in [0.15, 0.2) is 30.6 Å². The molecular formula is C13H13ClF3N3O. The van der Waals surface area contributed by atoms with Crippen LogP contribution in [0.5, 0.6) is 5.75 Å². The first-order valence-electron chi connectivity index (χ1n) is 6.10. The van der Waals surface area contributed by atoms with Crippen LogP contribution in [-0.4, -0.2) is 20.8 Å². The molecule has 4 nitrogen and oxygen atoms in total. The lowest BCUT2D eigenvalue weighted by atomic mass is 10.2. The number of hydrogen-bond donors (Lipinski definition) is 2. The molecule has 114 valence electrons. The van der Waals surface area contributed by atoms with E-state index in [1.165, 1.54) is 24.5 Å². The molecule has 2 rings (SSSR count). The Morgan fingerprint density at radius 3 is 2.76 bits per heavy atom. The first-order valence-corrected chi connectivity index (χ1v) is 6.48. The zero-order valence-electron chi connectivity index (χ0n) is 10.9. The third-order valence-electron chi connectivity index (χ3n) is 2.78. The minimum atomic E-state index is -4.29. The number of nitrogens with one attached hydrogen (secondary N) is 1. The molecule has 0 radical (unpaired) electrons. The summed E-state index contributed by atoms with van der Waals surface area (Å²) in [6.07, 6.45) is -1.68. The highest BCUT2D eigenvalue weighted by molar-refractivity contribution is 6.31.